The Hall–Kier alpha value is -3.80. The molecule has 1 amide bonds. The first kappa shape index (κ1) is 18.6. The summed E-state index contributed by atoms with van der Waals surface area (Å²) in [7, 11) is 0. The van der Waals surface area contributed by atoms with Gasteiger partial charge in [0, 0.05) is 18.0 Å². The maximum atomic E-state index is 13.2. The third-order valence-corrected chi connectivity index (χ3v) is 4.53. The topological polar surface area (TPSA) is 68.0 Å². The Labute approximate surface area is 167 Å². The first-order chi connectivity index (χ1) is 14.1. The third-order valence-electron chi connectivity index (χ3n) is 4.53. The molecule has 1 unspecified atom stereocenters. The number of aromatic nitrogens is 2. The second kappa shape index (κ2) is 8.06. The van der Waals surface area contributed by atoms with E-state index >= 15 is 0 Å². The fraction of sp³-hybridized carbons (Fsp3) is 0.0870. The summed E-state index contributed by atoms with van der Waals surface area (Å²) < 4.78 is 18.8. The van der Waals surface area contributed by atoms with Crippen molar-refractivity contribution in [1.82, 2.24) is 15.3 Å². The summed E-state index contributed by atoms with van der Waals surface area (Å²) >= 11 is 0. The Morgan fingerprint density at radius 2 is 1.72 bits per heavy atom. The average molecular weight is 387 g/mol. The number of hydrogen-bond donors (Lipinski definition) is 1. The lowest BCUT2D eigenvalue weighted by atomic mass is 10.00. The van der Waals surface area contributed by atoms with Gasteiger partial charge in [-0.3, -0.25) is 9.78 Å². The first-order valence-electron chi connectivity index (χ1n) is 9.11. The van der Waals surface area contributed by atoms with Crippen molar-refractivity contribution in [2.24, 2.45) is 0 Å². The summed E-state index contributed by atoms with van der Waals surface area (Å²) in [6, 6.07) is 18.7. The van der Waals surface area contributed by atoms with Crippen LogP contribution in [0.25, 0.3) is 11.5 Å². The van der Waals surface area contributed by atoms with Gasteiger partial charge < -0.3 is 9.73 Å². The lowest BCUT2D eigenvalue weighted by molar-refractivity contribution is 0.0937. The largest absolute Gasteiger partial charge is 0.441 e. The SMILES string of the molecule is Cc1oc(-c2ccc(F)cc2)nc1C(=O)NC(c1ccccc1)c1cccnc1. The summed E-state index contributed by atoms with van der Waals surface area (Å²) in [6.45, 7) is 1.68. The van der Waals surface area contributed by atoms with E-state index in [0.29, 0.717) is 11.3 Å². The van der Waals surface area contributed by atoms with Crippen LogP contribution in [0.4, 0.5) is 4.39 Å². The zero-order valence-corrected chi connectivity index (χ0v) is 15.7. The number of aryl methyl sites for hydroxylation is 1. The van der Waals surface area contributed by atoms with Crippen molar-refractivity contribution in [3.63, 3.8) is 0 Å². The minimum atomic E-state index is -0.386. The average Bonchev–Trinajstić information content (AvgIpc) is 3.15. The van der Waals surface area contributed by atoms with Gasteiger partial charge in [-0.2, -0.15) is 0 Å². The quantitative estimate of drug-likeness (QED) is 0.539. The number of carbonyl (C=O) groups excluding carboxylic acids is 1. The van der Waals surface area contributed by atoms with Gasteiger partial charge in [0.05, 0.1) is 6.04 Å². The molecular formula is C23H18FN3O2. The smallest absolute Gasteiger partial charge is 0.274 e. The molecule has 1 atom stereocenters. The molecule has 0 saturated heterocycles. The first-order valence-corrected chi connectivity index (χ1v) is 9.11. The van der Waals surface area contributed by atoms with Crippen LogP contribution < -0.4 is 5.32 Å². The molecule has 4 rings (SSSR count). The van der Waals surface area contributed by atoms with Gasteiger partial charge in [0.1, 0.15) is 11.6 Å². The fourth-order valence-corrected chi connectivity index (χ4v) is 3.07. The molecule has 2 heterocycles. The molecule has 4 aromatic rings. The van der Waals surface area contributed by atoms with Gasteiger partial charge in [-0.1, -0.05) is 36.4 Å². The van der Waals surface area contributed by atoms with E-state index in [1.165, 1.54) is 12.1 Å². The molecule has 1 N–H and O–H groups in total. The number of halogens is 1. The molecule has 0 saturated carbocycles. The van der Waals surface area contributed by atoms with Crippen LogP contribution in [0.15, 0.2) is 83.5 Å². The van der Waals surface area contributed by atoms with E-state index in [-0.39, 0.29) is 29.4 Å². The summed E-state index contributed by atoms with van der Waals surface area (Å²) in [5, 5.41) is 3.02. The second-order valence-electron chi connectivity index (χ2n) is 6.53. The van der Waals surface area contributed by atoms with Crippen LogP contribution in [0.5, 0.6) is 0 Å². The minimum Gasteiger partial charge on any atom is -0.441 e. The van der Waals surface area contributed by atoms with Crippen LogP contribution in [0.3, 0.4) is 0 Å². The number of nitrogens with zero attached hydrogens (tertiary/aromatic N) is 2. The molecule has 5 nitrogen and oxygen atoms in total. The van der Waals surface area contributed by atoms with Gasteiger partial charge in [0.2, 0.25) is 5.89 Å². The van der Waals surface area contributed by atoms with Crippen LogP contribution >= 0.6 is 0 Å². The van der Waals surface area contributed by atoms with Crippen molar-refractivity contribution in [3.05, 3.63) is 108 Å². The highest BCUT2D eigenvalue weighted by Crippen LogP contribution is 2.25. The Morgan fingerprint density at radius 1 is 1.00 bits per heavy atom. The predicted octanol–water partition coefficient (Wildman–Crippen LogP) is 4.70. The highest BCUT2D eigenvalue weighted by atomic mass is 19.1. The molecule has 29 heavy (non-hydrogen) atoms. The minimum absolute atomic E-state index is 0.189. The Kier molecular flexibility index (Phi) is 5.16. The molecule has 0 spiro atoms. The molecule has 0 aliphatic rings. The van der Waals surface area contributed by atoms with E-state index in [9.17, 15) is 9.18 Å². The maximum absolute atomic E-state index is 13.2. The van der Waals surface area contributed by atoms with Crippen molar-refractivity contribution in [3.8, 4) is 11.5 Å². The Balaban J connectivity index is 1.64. The number of amides is 1. The molecule has 6 heteroatoms. The summed E-state index contributed by atoms with van der Waals surface area (Å²) in [6.07, 6.45) is 3.40. The normalized spacial score (nSPS) is 11.8. The molecule has 0 radical (unpaired) electrons. The van der Waals surface area contributed by atoms with E-state index in [4.69, 9.17) is 4.42 Å². The van der Waals surface area contributed by atoms with E-state index in [2.05, 4.69) is 15.3 Å². The number of hydrogen-bond acceptors (Lipinski definition) is 4. The van der Waals surface area contributed by atoms with E-state index < -0.39 is 0 Å². The van der Waals surface area contributed by atoms with E-state index in [1.54, 1.807) is 31.5 Å². The van der Waals surface area contributed by atoms with E-state index in [1.807, 2.05) is 42.5 Å². The monoisotopic (exact) mass is 387 g/mol. The number of benzene rings is 2. The summed E-state index contributed by atoms with van der Waals surface area (Å²) in [5.41, 5.74) is 2.57. The van der Waals surface area contributed by atoms with E-state index in [0.717, 1.165) is 11.1 Å². The van der Waals surface area contributed by atoms with Crippen LogP contribution in [0.2, 0.25) is 0 Å². The highest BCUT2D eigenvalue weighted by molar-refractivity contribution is 5.94. The molecule has 0 aliphatic carbocycles. The Morgan fingerprint density at radius 3 is 2.41 bits per heavy atom. The standard InChI is InChI=1S/C23H18FN3O2/c1-15-20(27-23(29-15)17-9-11-19(24)12-10-17)22(28)26-21(16-6-3-2-4-7-16)18-8-5-13-25-14-18/h2-14,21H,1H3,(H,26,28). The Bertz CT molecular complexity index is 1070. The molecule has 0 bridgehead atoms. The zero-order chi connectivity index (χ0) is 20.2. The van der Waals surface area contributed by atoms with Crippen LogP contribution in [-0.2, 0) is 0 Å². The predicted molar refractivity (Wildman–Crippen MR) is 107 cm³/mol. The number of rotatable bonds is 5. The van der Waals surface area contributed by atoms with Crippen molar-refractivity contribution >= 4 is 5.91 Å². The highest BCUT2D eigenvalue weighted by Gasteiger charge is 2.23. The molecule has 0 fully saturated rings. The molecular weight excluding hydrogens is 369 g/mol. The van der Waals surface area contributed by atoms with Gasteiger partial charge in [0.15, 0.2) is 5.69 Å². The van der Waals surface area contributed by atoms with Crippen LogP contribution in [-0.4, -0.2) is 15.9 Å². The number of carbonyl (C=O) groups is 1. The molecule has 0 aliphatic heterocycles. The summed E-state index contributed by atoms with van der Waals surface area (Å²) in [5.74, 6) is -0.0559. The van der Waals surface area contributed by atoms with Crippen molar-refractivity contribution in [2.75, 3.05) is 0 Å². The number of oxazole rings is 1. The maximum Gasteiger partial charge on any atom is 0.274 e. The van der Waals surface area contributed by atoms with Gasteiger partial charge in [0.25, 0.3) is 5.91 Å². The van der Waals surface area contributed by atoms with Crippen molar-refractivity contribution in [2.45, 2.75) is 13.0 Å². The zero-order valence-electron chi connectivity index (χ0n) is 15.7. The van der Waals surface area contributed by atoms with Gasteiger partial charge in [-0.25, -0.2) is 9.37 Å². The van der Waals surface area contributed by atoms with Crippen LogP contribution in [0, 0.1) is 12.7 Å². The molecule has 2 aromatic carbocycles. The van der Waals surface area contributed by atoms with Gasteiger partial charge in [-0.05, 0) is 48.4 Å². The second-order valence-corrected chi connectivity index (χ2v) is 6.53. The molecule has 144 valence electrons. The molecule has 2 aromatic heterocycles. The number of pyridine rings is 1. The fourth-order valence-electron chi connectivity index (χ4n) is 3.07. The van der Waals surface area contributed by atoms with Crippen molar-refractivity contribution < 1.29 is 13.6 Å². The lowest BCUT2D eigenvalue weighted by Gasteiger charge is -2.19. The summed E-state index contributed by atoms with van der Waals surface area (Å²) in [4.78, 5) is 21.5. The van der Waals surface area contributed by atoms with Gasteiger partial charge >= 0.3 is 0 Å². The number of nitrogens with one attached hydrogen (secondary N) is 1. The van der Waals surface area contributed by atoms with Crippen LogP contribution in [0.1, 0.15) is 33.4 Å². The van der Waals surface area contributed by atoms with Gasteiger partial charge in [-0.15, -0.1) is 0 Å². The van der Waals surface area contributed by atoms with Crippen molar-refractivity contribution in [1.29, 1.82) is 0 Å². The third kappa shape index (κ3) is 4.06. The lowest BCUT2D eigenvalue weighted by Crippen LogP contribution is -2.30.